The van der Waals surface area contributed by atoms with Gasteiger partial charge in [-0.05, 0) is 64.2 Å². The molecule has 0 rings (SSSR count). The van der Waals surface area contributed by atoms with Crippen LogP contribution in [0.2, 0.25) is 1.41 Å². The number of carbonyl (C=O) groups excluding carboxylic acids is 2. The van der Waals surface area contributed by atoms with Crippen molar-refractivity contribution in [1.29, 1.82) is 0 Å². The van der Waals surface area contributed by atoms with E-state index in [2.05, 4.69) is 43.9 Å². The van der Waals surface area contributed by atoms with Crippen molar-refractivity contribution in [3.8, 4) is 0 Å². The lowest BCUT2D eigenvalue weighted by Gasteiger charge is -2.19. The number of nitrogens with two attached hydrogens (primary N) is 1. The number of allylic oxidation sites excluding steroid dienone is 4. The van der Waals surface area contributed by atoms with Gasteiger partial charge in [-0.1, -0.05) is 141 Å². The molecular weight excluding hydrogens is 665 g/mol. The topological polar surface area (TPSA) is 134 Å². The van der Waals surface area contributed by atoms with Crippen molar-refractivity contribution in [3.63, 3.8) is 0 Å². The molecule has 0 aliphatic heterocycles. The first kappa shape index (κ1) is 47.5. The fourth-order valence-electron chi connectivity index (χ4n) is 5.67. The van der Waals surface area contributed by atoms with Gasteiger partial charge in [0.1, 0.15) is 8.02 Å². The van der Waals surface area contributed by atoms with Crippen LogP contribution in [0.3, 0.4) is 0 Å². The lowest BCUT2D eigenvalue weighted by Crippen LogP contribution is -2.29. The number of unbranched alkanes of at least 4 members (excludes halogenated alkanes) is 22. The molecule has 9 nitrogen and oxygen atoms in total. The monoisotopic (exact) mass is 745 g/mol. The van der Waals surface area contributed by atoms with Gasteiger partial charge in [0.05, 0.1) is 13.2 Å². The molecule has 0 saturated carbocycles. The van der Waals surface area contributed by atoms with Crippen LogP contribution in [0, 0.1) is 0 Å². The standard InChI is InChI=1S/C41H78NO8P/c1-3-5-7-9-11-13-15-17-19-21-23-25-27-29-31-33-40(43)47-37-39(38-49-51(45,46)48-36-35-42)50-41(44)34-32-30-28-26-24-22-20-18-16-14-12-10-8-6-4-2/h17-20,39H,3-16,21-38,42H2,1-2H3,(H,45,46)/b19-17-,20-18-/t39-/m1/s1/i/hD. The van der Waals surface area contributed by atoms with Crippen molar-refractivity contribution in [2.75, 3.05) is 26.4 Å². The zero-order valence-electron chi connectivity index (χ0n) is 33.8. The first-order valence-corrected chi connectivity index (χ1v) is 22.3. The molecule has 300 valence electrons. The summed E-state index contributed by atoms with van der Waals surface area (Å²) < 4.78 is 39.7. The summed E-state index contributed by atoms with van der Waals surface area (Å²) >= 11 is 0. The molecular formula is C41H78NO8P. The van der Waals surface area contributed by atoms with Crippen LogP contribution in [0.1, 0.15) is 194 Å². The molecule has 2 atom stereocenters. The SMILES string of the molecule is [2H]NCCOP(=O)(O)OC[C@@H](COC(=O)CCCCCCC/C=C\CCCCCCCC)OC(=O)CCCCCCC/C=C\CCCCCCCC. The van der Waals surface area contributed by atoms with E-state index in [1.807, 2.05) is 0 Å². The second kappa shape index (κ2) is 38.2. The van der Waals surface area contributed by atoms with E-state index in [0.717, 1.165) is 64.2 Å². The Balaban J connectivity index is 4.25. The van der Waals surface area contributed by atoms with Gasteiger partial charge in [-0.2, -0.15) is 0 Å². The summed E-state index contributed by atoms with van der Waals surface area (Å²) in [5, 5.41) is 0. The van der Waals surface area contributed by atoms with Crippen LogP contribution in [-0.2, 0) is 32.7 Å². The second-order valence-corrected chi connectivity index (χ2v) is 15.3. The summed E-state index contributed by atoms with van der Waals surface area (Å²) in [6.07, 6.45) is 39.0. The highest BCUT2D eigenvalue weighted by molar-refractivity contribution is 7.47. The van der Waals surface area contributed by atoms with Crippen molar-refractivity contribution in [2.24, 2.45) is 5.73 Å². The zero-order chi connectivity index (χ0) is 38.2. The Labute approximate surface area is 314 Å². The third-order valence-electron chi connectivity index (χ3n) is 8.79. The summed E-state index contributed by atoms with van der Waals surface area (Å²) in [5.41, 5.74) is 2.07. The number of esters is 2. The third-order valence-corrected chi connectivity index (χ3v) is 9.78. The average molecular weight is 745 g/mol. The molecule has 1 unspecified atom stereocenters. The molecule has 0 saturated heterocycles. The van der Waals surface area contributed by atoms with Gasteiger partial charge in [0, 0.05) is 19.4 Å². The van der Waals surface area contributed by atoms with Crippen LogP contribution < -0.4 is 5.73 Å². The summed E-state index contributed by atoms with van der Waals surface area (Å²) in [6, 6.07) is 0. The van der Waals surface area contributed by atoms with Crippen molar-refractivity contribution < 1.29 is 39.0 Å². The van der Waals surface area contributed by atoms with E-state index in [1.165, 1.54) is 89.9 Å². The Hall–Kier alpha value is -1.51. The molecule has 0 aliphatic rings. The summed E-state index contributed by atoms with van der Waals surface area (Å²) in [5.74, 6) is -0.868. The molecule has 0 aliphatic carbocycles. The van der Waals surface area contributed by atoms with E-state index in [4.69, 9.17) is 19.9 Å². The minimum Gasteiger partial charge on any atom is -0.462 e. The van der Waals surface area contributed by atoms with Gasteiger partial charge in [-0.3, -0.25) is 18.6 Å². The lowest BCUT2D eigenvalue weighted by atomic mass is 10.1. The fourth-order valence-corrected chi connectivity index (χ4v) is 6.43. The quantitative estimate of drug-likeness (QED) is 0.0272. The molecule has 0 fully saturated rings. The molecule has 10 heteroatoms. The van der Waals surface area contributed by atoms with Crippen LogP contribution >= 0.6 is 7.82 Å². The Morgan fingerprint density at radius 3 is 1.47 bits per heavy atom. The van der Waals surface area contributed by atoms with Crippen LogP contribution in [0.15, 0.2) is 24.3 Å². The van der Waals surface area contributed by atoms with Gasteiger partial charge in [0.2, 0.25) is 0 Å². The largest absolute Gasteiger partial charge is 0.472 e. The van der Waals surface area contributed by atoms with Gasteiger partial charge in [-0.25, -0.2) is 4.57 Å². The molecule has 0 aromatic heterocycles. The number of hydrogen-bond donors (Lipinski definition) is 2. The smallest absolute Gasteiger partial charge is 0.462 e. The van der Waals surface area contributed by atoms with E-state index in [9.17, 15) is 19.0 Å². The zero-order valence-corrected chi connectivity index (χ0v) is 33.7. The molecule has 0 aromatic carbocycles. The lowest BCUT2D eigenvalue weighted by molar-refractivity contribution is -0.161. The van der Waals surface area contributed by atoms with Gasteiger partial charge in [0.15, 0.2) is 6.10 Å². The molecule has 51 heavy (non-hydrogen) atoms. The number of carbonyl (C=O) groups is 2. The second-order valence-electron chi connectivity index (χ2n) is 13.8. The number of rotatable bonds is 40. The first-order valence-electron chi connectivity index (χ1n) is 21.3. The van der Waals surface area contributed by atoms with Gasteiger partial charge in [0.25, 0.3) is 0 Å². The van der Waals surface area contributed by atoms with Crippen LogP contribution in [0.5, 0.6) is 0 Å². The van der Waals surface area contributed by atoms with Crippen LogP contribution in [0.25, 0.3) is 0 Å². The summed E-state index contributed by atoms with van der Waals surface area (Å²) in [4.78, 5) is 34.9. The summed E-state index contributed by atoms with van der Waals surface area (Å²) in [6.45, 7) is 3.60. The fraction of sp³-hybridized carbons (Fsp3) is 0.854. The highest BCUT2D eigenvalue weighted by atomic mass is 31.2. The van der Waals surface area contributed by atoms with Crippen molar-refractivity contribution in [2.45, 2.75) is 200 Å². The maximum Gasteiger partial charge on any atom is 0.472 e. The Morgan fingerprint density at radius 1 is 0.608 bits per heavy atom. The average Bonchev–Trinajstić information content (AvgIpc) is 3.12. The van der Waals surface area contributed by atoms with E-state index in [1.54, 1.807) is 0 Å². The highest BCUT2D eigenvalue weighted by Crippen LogP contribution is 2.43. The Kier molecular flexibility index (Phi) is 35.6. The molecule has 0 radical (unpaired) electrons. The van der Waals surface area contributed by atoms with Gasteiger partial charge in [-0.15, -0.1) is 0 Å². The molecule has 0 aromatic rings. The first-order chi connectivity index (χ1) is 25.3. The molecule has 0 heterocycles. The third kappa shape index (κ3) is 38.0. The number of hydrogen-bond acceptors (Lipinski definition) is 8. The Morgan fingerprint density at radius 2 is 1.02 bits per heavy atom. The van der Waals surface area contributed by atoms with E-state index < -0.39 is 32.5 Å². The van der Waals surface area contributed by atoms with E-state index >= 15 is 0 Å². The van der Waals surface area contributed by atoms with Gasteiger partial charge < -0.3 is 20.1 Å². The highest BCUT2D eigenvalue weighted by Gasteiger charge is 2.26. The normalized spacial score (nSPS) is 13.8. The van der Waals surface area contributed by atoms with Crippen molar-refractivity contribution in [1.82, 2.24) is 0 Å². The minimum absolute atomic E-state index is 0.0379. The molecule has 0 amide bonds. The van der Waals surface area contributed by atoms with Crippen molar-refractivity contribution >= 4 is 19.8 Å². The molecule has 0 bridgehead atoms. The van der Waals surface area contributed by atoms with E-state index in [-0.39, 0.29) is 32.6 Å². The number of phosphoric ester groups is 1. The van der Waals surface area contributed by atoms with E-state index in [0.29, 0.717) is 12.8 Å². The minimum atomic E-state index is -4.43. The van der Waals surface area contributed by atoms with Gasteiger partial charge >= 0.3 is 19.8 Å². The number of ether oxygens (including phenoxy) is 2. The van der Waals surface area contributed by atoms with Crippen LogP contribution in [-0.4, -0.2) is 49.3 Å². The molecule has 0 spiro atoms. The molecule has 3 N–H and O–H groups in total. The number of phosphoric acid groups is 1. The maximum atomic E-state index is 12.6. The predicted molar refractivity (Wildman–Crippen MR) is 211 cm³/mol. The maximum absolute atomic E-state index is 12.6. The summed E-state index contributed by atoms with van der Waals surface area (Å²) in [7, 11) is -4.43. The predicted octanol–water partition coefficient (Wildman–Crippen LogP) is 11.6. The van der Waals surface area contributed by atoms with Crippen LogP contribution in [0.4, 0.5) is 0 Å². The Bertz CT molecular complexity index is 919. The van der Waals surface area contributed by atoms with Crippen molar-refractivity contribution in [3.05, 3.63) is 24.3 Å².